The summed E-state index contributed by atoms with van der Waals surface area (Å²) >= 11 is 0. The van der Waals surface area contributed by atoms with Crippen molar-refractivity contribution >= 4 is 11.8 Å². The molecule has 1 aliphatic heterocycles. The second-order valence-corrected chi connectivity index (χ2v) is 4.78. The van der Waals surface area contributed by atoms with Crippen LogP contribution < -0.4 is 0 Å². The van der Waals surface area contributed by atoms with Gasteiger partial charge in [0, 0.05) is 5.56 Å². The van der Waals surface area contributed by atoms with Gasteiger partial charge in [0.1, 0.15) is 6.61 Å². The molecule has 2 rings (SSSR count). The predicted octanol–water partition coefficient (Wildman–Crippen LogP) is 2.81. The molecule has 0 bridgehead atoms. The van der Waals surface area contributed by atoms with Gasteiger partial charge in [0.2, 0.25) is 5.76 Å². The number of benzene rings is 1. The van der Waals surface area contributed by atoms with Gasteiger partial charge < -0.3 is 9.47 Å². The van der Waals surface area contributed by atoms with Crippen molar-refractivity contribution in [3.8, 4) is 0 Å². The van der Waals surface area contributed by atoms with Crippen molar-refractivity contribution in [2.24, 2.45) is 0 Å². The number of aryl methyl sites for hydroxylation is 1. The number of ketones is 1. The second-order valence-electron chi connectivity index (χ2n) is 4.78. The third-order valence-corrected chi connectivity index (χ3v) is 3.14. The van der Waals surface area contributed by atoms with Crippen LogP contribution >= 0.6 is 0 Å². The van der Waals surface area contributed by atoms with E-state index in [-0.39, 0.29) is 18.1 Å². The number of unbranched alkanes of at least 4 members (excludes halogenated alkanes) is 1. The highest BCUT2D eigenvalue weighted by molar-refractivity contribution is 6.14. The second kappa shape index (κ2) is 6.37. The van der Waals surface area contributed by atoms with Crippen molar-refractivity contribution in [2.45, 2.75) is 26.7 Å². The monoisotopic (exact) mass is 274 g/mol. The minimum absolute atomic E-state index is 0.00694. The smallest absolute Gasteiger partial charge is 0.374 e. The maximum absolute atomic E-state index is 12.4. The van der Waals surface area contributed by atoms with Crippen LogP contribution in [0.5, 0.6) is 0 Å². The maximum Gasteiger partial charge on any atom is 0.374 e. The molecule has 1 aliphatic rings. The Kier molecular flexibility index (Phi) is 4.56. The molecule has 0 amide bonds. The van der Waals surface area contributed by atoms with Crippen molar-refractivity contribution in [1.29, 1.82) is 0 Å². The lowest BCUT2D eigenvalue weighted by Crippen LogP contribution is -2.09. The summed E-state index contributed by atoms with van der Waals surface area (Å²) in [6.07, 6.45) is 1.80. The van der Waals surface area contributed by atoms with Gasteiger partial charge in [-0.1, -0.05) is 43.2 Å². The van der Waals surface area contributed by atoms with Crippen LogP contribution in [-0.2, 0) is 14.3 Å². The number of hydrogen-bond acceptors (Lipinski definition) is 4. The van der Waals surface area contributed by atoms with Crippen LogP contribution in [0.15, 0.2) is 35.6 Å². The Balaban J connectivity index is 2.21. The Morgan fingerprint density at radius 1 is 1.30 bits per heavy atom. The Morgan fingerprint density at radius 3 is 2.65 bits per heavy atom. The van der Waals surface area contributed by atoms with Gasteiger partial charge in [-0.25, -0.2) is 4.79 Å². The molecule has 4 nitrogen and oxygen atoms in total. The van der Waals surface area contributed by atoms with Crippen molar-refractivity contribution in [3.05, 3.63) is 46.7 Å². The van der Waals surface area contributed by atoms with E-state index in [1.807, 2.05) is 26.0 Å². The minimum atomic E-state index is -0.545. The van der Waals surface area contributed by atoms with E-state index in [2.05, 4.69) is 0 Å². The first-order valence-electron chi connectivity index (χ1n) is 6.78. The minimum Gasteiger partial charge on any atom is -0.486 e. The largest absolute Gasteiger partial charge is 0.486 e. The average Bonchev–Trinajstić information content (AvgIpc) is 2.81. The molecule has 0 aromatic heterocycles. The molecule has 0 aliphatic carbocycles. The van der Waals surface area contributed by atoms with E-state index < -0.39 is 5.97 Å². The molecule has 0 N–H and O–H groups in total. The average molecular weight is 274 g/mol. The van der Waals surface area contributed by atoms with Gasteiger partial charge in [0.05, 0.1) is 12.2 Å². The van der Waals surface area contributed by atoms with Crippen LogP contribution in [-0.4, -0.2) is 25.0 Å². The Morgan fingerprint density at radius 2 is 2.00 bits per heavy atom. The van der Waals surface area contributed by atoms with Gasteiger partial charge in [-0.15, -0.1) is 0 Å². The fourth-order valence-electron chi connectivity index (χ4n) is 1.90. The number of rotatable bonds is 6. The van der Waals surface area contributed by atoms with Gasteiger partial charge in [-0.3, -0.25) is 4.79 Å². The summed E-state index contributed by atoms with van der Waals surface area (Å²) < 4.78 is 10.3. The van der Waals surface area contributed by atoms with Crippen LogP contribution in [0, 0.1) is 6.92 Å². The highest BCUT2D eigenvalue weighted by atomic mass is 16.6. The number of carbonyl (C=O) groups is 2. The summed E-state index contributed by atoms with van der Waals surface area (Å²) in [4.78, 5) is 24.0. The van der Waals surface area contributed by atoms with E-state index >= 15 is 0 Å². The summed E-state index contributed by atoms with van der Waals surface area (Å²) in [5.74, 6) is -0.678. The van der Waals surface area contributed by atoms with Crippen molar-refractivity contribution in [3.63, 3.8) is 0 Å². The van der Waals surface area contributed by atoms with Crippen molar-refractivity contribution in [2.75, 3.05) is 13.2 Å². The molecule has 1 aromatic carbocycles. The molecule has 0 saturated carbocycles. The number of carbonyl (C=O) groups excluding carboxylic acids is 2. The highest BCUT2D eigenvalue weighted by Gasteiger charge is 2.31. The first kappa shape index (κ1) is 14.3. The number of ether oxygens (including phenoxy) is 2. The Hall–Kier alpha value is -2.10. The van der Waals surface area contributed by atoms with Gasteiger partial charge in [-0.2, -0.15) is 0 Å². The van der Waals surface area contributed by atoms with Crippen LogP contribution in [0.25, 0.3) is 0 Å². The first-order chi connectivity index (χ1) is 9.63. The van der Waals surface area contributed by atoms with E-state index in [0.29, 0.717) is 17.7 Å². The summed E-state index contributed by atoms with van der Waals surface area (Å²) in [6.45, 7) is 4.40. The van der Waals surface area contributed by atoms with Crippen LogP contribution in [0.4, 0.5) is 0 Å². The maximum atomic E-state index is 12.4. The summed E-state index contributed by atoms with van der Waals surface area (Å²) in [5.41, 5.74) is 1.93. The normalized spacial score (nSPS) is 14.4. The predicted molar refractivity (Wildman–Crippen MR) is 74.4 cm³/mol. The van der Waals surface area contributed by atoms with Crippen LogP contribution in [0.1, 0.15) is 35.7 Å². The lowest BCUT2D eigenvalue weighted by molar-refractivity contribution is -0.139. The SMILES string of the molecule is CCCCOC1=C(C(=O)c2ccc(C)cc2)COC1=O. The molecule has 0 radical (unpaired) electrons. The van der Waals surface area contributed by atoms with Gasteiger partial charge in [0.15, 0.2) is 5.78 Å². The number of cyclic esters (lactones) is 1. The molecule has 0 saturated heterocycles. The van der Waals surface area contributed by atoms with E-state index in [0.717, 1.165) is 18.4 Å². The summed E-state index contributed by atoms with van der Waals surface area (Å²) in [6, 6.07) is 7.22. The van der Waals surface area contributed by atoms with Crippen LogP contribution in [0.3, 0.4) is 0 Å². The molecule has 106 valence electrons. The number of esters is 1. The lowest BCUT2D eigenvalue weighted by Gasteiger charge is -2.06. The van der Waals surface area contributed by atoms with E-state index in [1.54, 1.807) is 12.1 Å². The Bertz CT molecular complexity index is 540. The fraction of sp³-hybridized carbons (Fsp3) is 0.375. The summed E-state index contributed by atoms with van der Waals surface area (Å²) in [5, 5.41) is 0. The molecule has 1 aromatic rings. The van der Waals surface area contributed by atoms with Crippen molar-refractivity contribution in [1.82, 2.24) is 0 Å². The van der Waals surface area contributed by atoms with Gasteiger partial charge in [0.25, 0.3) is 0 Å². The lowest BCUT2D eigenvalue weighted by atomic mass is 10.0. The standard InChI is InChI=1S/C16H18O4/c1-3-4-9-19-15-13(10-20-16(15)18)14(17)12-7-5-11(2)6-8-12/h5-8H,3-4,9-10H2,1-2H3. The topological polar surface area (TPSA) is 52.6 Å². The molecule has 0 atom stereocenters. The first-order valence-corrected chi connectivity index (χ1v) is 6.78. The molecule has 1 heterocycles. The zero-order valence-corrected chi connectivity index (χ0v) is 11.8. The quantitative estimate of drug-likeness (QED) is 0.455. The van der Waals surface area contributed by atoms with E-state index in [1.165, 1.54) is 0 Å². The molecule has 0 fully saturated rings. The zero-order valence-electron chi connectivity index (χ0n) is 11.8. The Labute approximate surface area is 118 Å². The third kappa shape index (κ3) is 3.07. The third-order valence-electron chi connectivity index (χ3n) is 3.14. The fourth-order valence-corrected chi connectivity index (χ4v) is 1.90. The molecule has 0 spiro atoms. The molecule has 20 heavy (non-hydrogen) atoms. The van der Waals surface area contributed by atoms with E-state index in [9.17, 15) is 9.59 Å². The summed E-state index contributed by atoms with van der Waals surface area (Å²) in [7, 11) is 0. The van der Waals surface area contributed by atoms with Crippen LogP contribution in [0.2, 0.25) is 0 Å². The molecule has 0 unspecified atom stereocenters. The van der Waals surface area contributed by atoms with E-state index in [4.69, 9.17) is 9.47 Å². The van der Waals surface area contributed by atoms with Gasteiger partial charge in [-0.05, 0) is 13.3 Å². The molecule has 4 heteroatoms. The van der Waals surface area contributed by atoms with Crippen molar-refractivity contribution < 1.29 is 19.1 Å². The number of Topliss-reactive ketones (excluding diaryl/α,β-unsaturated/α-hetero) is 1. The molecular weight excluding hydrogens is 256 g/mol. The molecular formula is C16H18O4. The zero-order chi connectivity index (χ0) is 14.5. The number of hydrogen-bond donors (Lipinski definition) is 0. The highest BCUT2D eigenvalue weighted by Crippen LogP contribution is 2.22. The van der Waals surface area contributed by atoms with Gasteiger partial charge >= 0.3 is 5.97 Å².